The molecule has 2 aromatic rings. The second-order valence-corrected chi connectivity index (χ2v) is 5.13. The number of aliphatic hydroxyl groups excluding tert-OH is 1. The number of methoxy groups -OCH3 is 1. The van der Waals surface area contributed by atoms with Crippen molar-refractivity contribution in [2.24, 2.45) is 0 Å². The lowest BCUT2D eigenvalue weighted by atomic mass is 9.77. The van der Waals surface area contributed by atoms with E-state index in [9.17, 15) is 5.11 Å². The molecule has 0 spiro atoms. The molecule has 1 fully saturated rings. The first kappa shape index (κ1) is 12.2. The third-order valence-electron chi connectivity index (χ3n) is 3.97. The molecule has 3 rings (SSSR count). The zero-order valence-electron chi connectivity index (χ0n) is 11.0. The Bertz CT molecular complexity index is 588. The topological polar surface area (TPSA) is 54.4 Å². The van der Waals surface area contributed by atoms with Crippen LogP contribution in [0.25, 0.3) is 10.9 Å². The molecular weight excluding hydrogens is 240 g/mol. The van der Waals surface area contributed by atoms with Crippen molar-refractivity contribution in [1.82, 2.24) is 4.98 Å². The van der Waals surface area contributed by atoms with Crippen LogP contribution in [0.2, 0.25) is 0 Å². The fourth-order valence-electron chi connectivity index (χ4n) is 2.63. The minimum atomic E-state index is -0.155. The van der Waals surface area contributed by atoms with Gasteiger partial charge in [0.1, 0.15) is 11.3 Å². The van der Waals surface area contributed by atoms with Crippen LogP contribution in [0.15, 0.2) is 30.5 Å². The molecule has 1 aliphatic rings. The number of rotatable bonds is 4. The second-order valence-electron chi connectivity index (χ2n) is 5.13. The normalized spacial score (nSPS) is 16.9. The number of nitrogens with zero attached hydrogens (tertiary/aromatic N) is 1. The van der Waals surface area contributed by atoms with Crippen molar-refractivity contribution in [3.8, 4) is 5.75 Å². The molecule has 0 aliphatic heterocycles. The number of benzene rings is 1. The van der Waals surface area contributed by atoms with Crippen LogP contribution in [-0.2, 0) is 0 Å². The van der Waals surface area contributed by atoms with Crippen molar-refractivity contribution < 1.29 is 9.84 Å². The van der Waals surface area contributed by atoms with E-state index in [1.807, 2.05) is 24.3 Å². The van der Waals surface area contributed by atoms with E-state index < -0.39 is 0 Å². The molecule has 1 heterocycles. The van der Waals surface area contributed by atoms with Gasteiger partial charge in [-0.15, -0.1) is 0 Å². The van der Waals surface area contributed by atoms with Crippen LogP contribution < -0.4 is 10.1 Å². The Morgan fingerprint density at radius 3 is 2.84 bits per heavy atom. The van der Waals surface area contributed by atoms with E-state index in [4.69, 9.17) is 4.74 Å². The summed E-state index contributed by atoms with van der Waals surface area (Å²) in [5.74, 6) is 0.771. The van der Waals surface area contributed by atoms with Crippen LogP contribution in [0.4, 0.5) is 5.69 Å². The van der Waals surface area contributed by atoms with Crippen LogP contribution in [0, 0.1) is 0 Å². The Kier molecular flexibility index (Phi) is 3.03. The average molecular weight is 258 g/mol. The predicted molar refractivity (Wildman–Crippen MR) is 75.6 cm³/mol. The van der Waals surface area contributed by atoms with E-state index in [2.05, 4.69) is 10.3 Å². The molecule has 19 heavy (non-hydrogen) atoms. The van der Waals surface area contributed by atoms with Crippen molar-refractivity contribution in [1.29, 1.82) is 0 Å². The number of ether oxygens (including phenoxy) is 1. The van der Waals surface area contributed by atoms with Gasteiger partial charge in [-0.3, -0.25) is 4.98 Å². The molecule has 4 nitrogen and oxygen atoms in total. The van der Waals surface area contributed by atoms with Crippen molar-refractivity contribution in [2.75, 3.05) is 19.0 Å². The Morgan fingerprint density at radius 2 is 2.21 bits per heavy atom. The lowest BCUT2D eigenvalue weighted by molar-refractivity contribution is 0.144. The van der Waals surface area contributed by atoms with E-state index in [-0.39, 0.29) is 12.1 Å². The van der Waals surface area contributed by atoms with E-state index in [0.717, 1.165) is 35.2 Å². The van der Waals surface area contributed by atoms with Gasteiger partial charge in [-0.25, -0.2) is 0 Å². The zero-order chi connectivity index (χ0) is 13.3. The molecule has 0 amide bonds. The summed E-state index contributed by atoms with van der Waals surface area (Å²) in [5.41, 5.74) is 1.71. The van der Waals surface area contributed by atoms with Gasteiger partial charge in [0.2, 0.25) is 0 Å². The average Bonchev–Trinajstić information content (AvgIpc) is 2.42. The lowest BCUT2D eigenvalue weighted by Crippen LogP contribution is -2.48. The highest BCUT2D eigenvalue weighted by atomic mass is 16.5. The van der Waals surface area contributed by atoms with Crippen LogP contribution in [-0.4, -0.2) is 29.3 Å². The van der Waals surface area contributed by atoms with Gasteiger partial charge in [-0.05, 0) is 31.4 Å². The minimum Gasteiger partial charge on any atom is -0.494 e. The number of pyridine rings is 1. The summed E-state index contributed by atoms with van der Waals surface area (Å²) in [5, 5.41) is 14.1. The Labute approximate surface area is 112 Å². The zero-order valence-corrected chi connectivity index (χ0v) is 11.0. The van der Waals surface area contributed by atoms with Crippen molar-refractivity contribution in [2.45, 2.75) is 24.8 Å². The molecule has 100 valence electrons. The Balaban J connectivity index is 2.04. The fourth-order valence-corrected chi connectivity index (χ4v) is 2.63. The summed E-state index contributed by atoms with van der Waals surface area (Å²) in [6.07, 6.45) is 4.96. The molecule has 0 radical (unpaired) electrons. The van der Waals surface area contributed by atoms with Crippen LogP contribution >= 0.6 is 0 Å². The van der Waals surface area contributed by atoms with Crippen LogP contribution in [0.1, 0.15) is 19.3 Å². The Morgan fingerprint density at radius 1 is 1.37 bits per heavy atom. The predicted octanol–water partition coefficient (Wildman–Crippen LogP) is 2.57. The molecule has 1 aliphatic carbocycles. The van der Waals surface area contributed by atoms with E-state index >= 15 is 0 Å². The smallest absolute Gasteiger partial charge is 0.145 e. The first-order valence-corrected chi connectivity index (χ1v) is 6.59. The van der Waals surface area contributed by atoms with Gasteiger partial charge in [-0.1, -0.05) is 12.1 Å². The highest BCUT2D eigenvalue weighted by Crippen LogP contribution is 2.37. The summed E-state index contributed by atoms with van der Waals surface area (Å²) in [4.78, 5) is 4.38. The van der Waals surface area contributed by atoms with Gasteiger partial charge in [0.15, 0.2) is 0 Å². The standard InChI is InChI=1S/C15H18N2O2/c1-19-13-5-2-4-11-12(6-9-16-14(11)13)17-15(10-18)7-3-8-15/h2,4-6,9,18H,3,7-8,10H2,1H3,(H,16,17). The van der Waals surface area contributed by atoms with E-state index in [0.29, 0.717) is 0 Å². The Hall–Kier alpha value is -1.81. The van der Waals surface area contributed by atoms with Gasteiger partial charge < -0.3 is 15.2 Å². The number of hydrogen-bond donors (Lipinski definition) is 2. The first-order valence-electron chi connectivity index (χ1n) is 6.59. The van der Waals surface area contributed by atoms with Crippen molar-refractivity contribution in [3.63, 3.8) is 0 Å². The second kappa shape index (κ2) is 4.70. The number of para-hydroxylation sites is 1. The van der Waals surface area contributed by atoms with Gasteiger partial charge in [0.25, 0.3) is 0 Å². The van der Waals surface area contributed by atoms with E-state index in [1.54, 1.807) is 13.3 Å². The third kappa shape index (κ3) is 2.02. The number of aromatic nitrogens is 1. The monoisotopic (exact) mass is 258 g/mol. The number of fused-ring (bicyclic) bond motifs is 1. The summed E-state index contributed by atoms with van der Waals surface area (Å²) < 4.78 is 5.34. The summed E-state index contributed by atoms with van der Waals surface area (Å²) in [6, 6.07) is 7.85. The maximum Gasteiger partial charge on any atom is 0.145 e. The first-order chi connectivity index (χ1) is 9.28. The summed E-state index contributed by atoms with van der Waals surface area (Å²) >= 11 is 0. The molecule has 4 heteroatoms. The van der Waals surface area contributed by atoms with Crippen LogP contribution in [0.5, 0.6) is 5.75 Å². The largest absolute Gasteiger partial charge is 0.494 e. The van der Waals surface area contributed by atoms with Gasteiger partial charge >= 0.3 is 0 Å². The molecule has 1 aromatic heterocycles. The molecule has 1 saturated carbocycles. The summed E-state index contributed by atoms with van der Waals surface area (Å²) in [6.45, 7) is 0.167. The molecule has 0 unspecified atom stereocenters. The molecule has 1 aromatic carbocycles. The summed E-state index contributed by atoms with van der Waals surface area (Å²) in [7, 11) is 1.65. The third-order valence-corrected chi connectivity index (χ3v) is 3.97. The van der Waals surface area contributed by atoms with Crippen LogP contribution in [0.3, 0.4) is 0 Å². The fraction of sp³-hybridized carbons (Fsp3) is 0.400. The van der Waals surface area contributed by atoms with Gasteiger partial charge in [0, 0.05) is 17.3 Å². The van der Waals surface area contributed by atoms with Crippen molar-refractivity contribution in [3.05, 3.63) is 30.5 Å². The van der Waals surface area contributed by atoms with Crippen molar-refractivity contribution >= 4 is 16.6 Å². The number of hydrogen-bond acceptors (Lipinski definition) is 4. The maximum absolute atomic E-state index is 9.57. The molecule has 0 atom stereocenters. The molecular formula is C15H18N2O2. The minimum absolute atomic E-state index is 0.155. The van der Waals surface area contributed by atoms with Gasteiger partial charge in [0.05, 0.1) is 19.3 Å². The SMILES string of the molecule is COc1cccc2c(NC3(CO)CCC3)ccnc12. The number of nitrogens with one attached hydrogen (secondary N) is 1. The highest BCUT2D eigenvalue weighted by Gasteiger charge is 2.36. The lowest BCUT2D eigenvalue weighted by Gasteiger charge is -2.42. The molecule has 2 N–H and O–H groups in total. The highest BCUT2D eigenvalue weighted by molar-refractivity contribution is 5.94. The molecule has 0 bridgehead atoms. The maximum atomic E-state index is 9.57. The van der Waals surface area contributed by atoms with E-state index in [1.165, 1.54) is 6.42 Å². The quantitative estimate of drug-likeness (QED) is 0.885. The number of aliphatic hydroxyl groups is 1. The van der Waals surface area contributed by atoms with Gasteiger partial charge in [-0.2, -0.15) is 0 Å². The number of anilines is 1. The molecule has 0 saturated heterocycles.